The fourth-order valence-corrected chi connectivity index (χ4v) is 2.60. The van der Waals surface area contributed by atoms with Crippen LogP contribution in [-0.4, -0.2) is 19.6 Å². The molecule has 0 aromatic heterocycles. The first-order valence-corrected chi connectivity index (χ1v) is 6.81. The van der Waals surface area contributed by atoms with Crippen LogP contribution in [0.1, 0.15) is 31.7 Å². The zero-order valence-corrected chi connectivity index (χ0v) is 11.3. The molecule has 1 atom stereocenters. The summed E-state index contributed by atoms with van der Waals surface area (Å²) in [6.07, 6.45) is 4.74. The highest BCUT2D eigenvalue weighted by molar-refractivity contribution is 5.53. The molecule has 2 rings (SSSR count). The molecule has 0 heterocycles. The van der Waals surface area contributed by atoms with Gasteiger partial charge in [0.15, 0.2) is 0 Å². The van der Waals surface area contributed by atoms with Gasteiger partial charge in [-0.2, -0.15) is 0 Å². The van der Waals surface area contributed by atoms with Crippen LogP contribution in [0.3, 0.4) is 0 Å². The van der Waals surface area contributed by atoms with Crippen LogP contribution in [0.15, 0.2) is 18.2 Å². The molecule has 1 unspecified atom stereocenters. The Bertz CT molecular complexity index is 399. The first kappa shape index (κ1) is 13.3. The molecule has 0 radical (unpaired) electrons. The molecule has 1 fully saturated rings. The Morgan fingerprint density at radius 2 is 2.17 bits per heavy atom. The van der Waals surface area contributed by atoms with Crippen molar-refractivity contribution in [2.75, 3.05) is 18.5 Å². The largest absolute Gasteiger partial charge is 0.374 e. The number of rotatable bonds is 5. The highest BCUT2D eigenvalue weighted by atomic mass is 19.1. The van der Waals surface area contributed by atoms with Crippen molar-refractivity contribution < 1.29 is 4.39 Å². The molecule has 0 bridgehead atoms. The highest BCUT2D eigenvalue weighted by Crippen LogP contribution is 2.30. The number of benzene rings is 1. The number of halogens is 1. The molecule has 0 saturated heterocycles. The van der Waals surface area contributed by atoms with Crippen molar-refractivity contribution in [2.45, 2.75) is 38.6 Å². The lowest BCUT2D eigenvalue weighted by Crippen LogP contribution is -2.30. The topological polar surface area (TPSA) is 29.3 Å². The van der Waals surface area contributed by atoms with E-state index in [4.69, 9.17) is 5.73 Å². The van der Waals surface area contributed by atoms with E-state index in [2.05, 4.69) is 11.9 Å². The third-order valence-corrected chi connectivity index (χ3v) is 3.75. The van der Waals surface area contributed by atoms with Crippen LogP contribution in [0.5, 0.6) is 0 Å². The van der Waals surface area contributed by atoms with Crippen molar-refractivity contribution in [3.63, 3.8) is 0 Å². The van der Waals surface area contributed by atoms with Crippen molar-refractivity contribution in [3.8, 4) is 0 Å². The van der Waals surface area contributed by atoms with E-state index in [-0.39, 0.29) is 11.9 Å². The summed E-state index contributed by atoms with van der Waals surface area (Å²) in [5.41, 5.74) is 7.99. The van der Waals surface area contributed by atoms with Crippen LogP contribution in [0.25, 0.3) is 0 Å². The first-order valence-electron chi connectivity index (χ1n) is 6.81. The average Bonchev–Trinajstić information content (AvgIpc) is 2.22. The second-order valence-electron chi connectivity index (χ2n) is 5.63. The molecule has 2 nitrogen and oxygen atoms in total. The van der Waals surface area contributed by atoms with Crippen LogP contribution in [-0.2, 0) is 6.42 Å². The summed E-state index contributed by atoms with van der Waals surface area (Å²) in [6.45, 7) is 3.03. The van der Waals surface area contributed by atoms with Gasteiger partial charge < -0.3 is 10.6 Å². The van der Waals surface area contributed by atoms with Crippen LogP contribution in [0.2, 0.25) is 0 Å². The zero-order valence-electron chi connectivity index (χ0n) is 11.3. The molecule has 0 aliphatic heterocycles. The van der Waals surface area contributed by atoms with Crippen molar-refractivity contribution in [3.05, 3.63) is 29.6 Å². The van der Waals surface area contributed by atoms with Crippen molar-refractivity contribution >= 4 is 5.69 Å². The summed E-state index contributed by atoms with van der Waals surface area (Å²) >= 11 is 0. The maximum Gasteiger partial charge on any atom is 0.123 e. The molecule has 1 aromatic carbocycles. The molecule has 1 aromatic rings. The zero-order chi connectivity index (χ0) is 13.1. The Hall–Kier alpha value is -1.09. The molecule has 1 aliphatic rings. The third kappa shape index (κ3) is 3.22. The Kier molecular flexibility index (Phi) is 4.23. The fourth-order valence-electron chi connectivity index (χ4n) is 2.60. The van der Waals surface area contributed by atoms with Gasteiger partial charge >= 0.3 is 0 Å². The van der Waals surface area contributed by atoms with E-state index < -0.39 is 0 Å². The minimum atomic E-state index is -0.175. The normalized spacial score (nSPS) is 17.3. The van der Waals surface area contributed by atoms with Gasteiger partial charge in [-0.3, -0.25) is 0 Å². The van der Waals surface area contributed by atoms with Crippen molar-refractivity contribution in [1.82, 2.24) is 0 Å². The van der Waals surface area contributed by atoms with Gasteiger partial charge in [-0.05, 0) is 55.9 Å². The number of nitrogens with zero attached hydrogens (tertiary/aromatic N) is 1. The van der Waals surface area contributed by atoms with Gasteiger partial charge in [0.1, 0.15) is 5.82 Å². The van der Waals surface area contributed by atoms with E-state index in [1.807, 2.05) is 13.0 Å². The van der Waals surface area contributed by atoms with Crippen LogP contribution in [0.4, 0.5) is 10.1 Å². The molecule has 2 N–H and O–H groups in total. The average molecular weight is 250 g/mol. The van der Waals surface area contributed by atoms with Gasteiger partial charge in [0.25, 0.3) is 0 Å². The van der Waals surface area contributed by atoms with Gasteiger partial charge in [-0.15, -0.1) is 0 Å². The summed E-state index contributed by atoms with van der Waals surface area (Å²) in [4.78, 5) is 2.25. The molecule has 0 spiro atoms. The number of nitrogens with two attached hydrogens (primary N) is 1. The molecular formula is C15H23FN2. The van der Waals surface area contributed by atoms with Crippen molar-refractivity contribution in [1.29, 1.82) is 0 Å². The Labute approximate surface area is 109 Å². The van der Waals surface area contributed by atoms with E-state index >= 15 is 0 Å². The lowest BCUT2D eigenvalue weighted by molar-refractivity contribution is 0.321. The monoisotopic (exact) mass is 250 g/mol. The van der Waals surface area contributed by atoms with E-state index in [0.29, 0.717) is 0 Å². The predicted octanol–water partition coefficient (Wildman–Crippen LogP) is 2.95. The Balaban J connectivity index is 2.13. The van der Waals surface area contributed by atoms with E-state index in [0.717, 1.165) is 30.1 Å². The van der Waals surface area contributed by atoms with E-state index in [9.17, 15) is 4.39 Å². The maximum absolute atomic E-state index is 13.3. The Morgan fingerprint density at radius 1 is 1.44 bits per heavy atom. The number of hydrogen-bond donors (Lipinski definition) is 1. The number of anilines is 1. The number of hydrogen-bond acceptors (Lipinski definition) is 2. The third-order valence-electron chi connectivity index (χ3n) is 3.75. The molecule has 3 heteroatoms. The molecule has 0 amide bonds. The van der Waals surface area contributed by atoms with Crippen LogP contribution in [0, 0.1) is 11.7 Å². The first-order chi connectivity index (χ1) is 8.56. The molecular weight excluding hydrogens is 227 g/mol. The molecule has 100 valence electrons. The summed E-state index contributed by atoms with van der Waals surface area (Å²) < 4.78 is 13.3. The van der Waals surface area contributed by atoms with Gasteiger partial charge in [0.05, 0.1) is 0 Å². The standard InChI is InChI=1S/C15H23FN2/c1-11(17)8-13-9-14(16)6-7-15(13)18(2)10-12-4-3-5-12/h6-7,9,11-12H,3-5,8,10,17H2,1-2H3. The van der Waals surface area contributed by atoms with Crippen LogP contribution < -0.4 is 10.6 Å². The molecule has 1 saturated carbocycles. The maximum atomic E-state index is 13.3. The minimum Gasteiger partial charge on any atom is -0.374 e. The summed E-state index contributed by atoms with van der Waals surface area (Å²) in [5, 5.41) is 0. The van der Waals surface area contributed by atoms with Crippen molar-refractivity contribution in [2.24, 2.45) is 11.7 Å². The predicted molar refractivity (Wildman–Crippen MR) is 74.4 cm³/mol. The highest BCUT2D eigenvalue weighted by Gasteiger charge is 2.20. The summed E-state index contributed by atoms with van der Waals surface area (Å²) in [7, 11) is 2.09. The second kappa shape index (κ2) is 5.70. The van der Waals surface area contributed by atoms with Gasteiger partial charge in [-0.25, -0.2) is 4.39 Å². The van der Waals surface area contributed by atoms with E-state index in [1.54, 1.807) is 6.07 Å². The van der Waals surface area contributed by atoms with E-state index in [1.165, 1.54) is 25.3 Å². The van der Waals surface area contributed by atoms with Crippen LogP contribution >= 0.6 is 0 Å². The molecule has 18 heavy (non-hydrogen) atoms. The quantitative estimate of drug-likeness (QED) is 0.870. The lowest BCUT2D eigenvalue weighted by Gasteiger charge is -2.32. The summed E-state index contributed by atoms with van der Waals surface area (Å²) in [5.74, 6) is 0.634. The van der Waals surface area contributed by atoms with Gasteiger partial charge in [0, 0.05) is 25.3 Å². The fraction of sp³-hybridized carbons (Fsp3) is 0.600. The second-order valence-corrected chi connectivity index (χ2v) is 5.63. The summed E-state index contributed by atoms with van der Waals surface area (Å²) in [6, 6.07) is 5.10. The minimum absolute atomic E-state index is 0.0580. The Morgan fingerprint density at radius 3 is 2.72 bits per heavy atom. The lowest BCUT2D eigenvalue weighted by atomic mass is 9.85. The smallest absolute Gasteiger partial charge is 0.123 e. The van der Waals surface area contributed by atoms with Gasteiger partial charge in [-0.1, -0.05) is 6.42 Å². The van der Waals surface area contributed by atoms with Gasteiger partial charge in [0.2, 0.25) is 0 Å². The molecule has 1 aliphatic carbocycles. The SMILES string of the molecule is CC(N)Cc1cc(F)ccc1N(C)CC1CCC1.